The average molecular weight is 457 g/mol. The molecular formula is C21H14BrFN2O4. The third kappa shape index (κ3) is 3.93. The Balaban J connectivity index is 1.54. The second-order valence-corrected chi connectivity index (χ2v) is 7.20. The first-order valence-corrected chi connectivity index (χ1v) is 9.35. The molecule has 0 atom stereocenters. The highest BCUT2D eigenvalue weighted by Gasteiger charge is 2.16. The molecule has 0 aliphatic rings. The second kappa shape index (κ2) is 7.56. The first-order valence-electron chi connectivity index (χ1n) is 8.56. The van der Waals surface area contributed by atoms with Gasteiger partial charge in [0.05, 0.1) is 17.5 Å². The van der Waals surface area contributed by atoms with Gasteiger partial charge in [-0.25, -0.2) is 4.39 Å². The number of aryl methyl sites for hydroxylation is 1. The molecule has 4 aromatic rings. The molecule has 2 amide bonds. The summed E-state index contributed by atoms with van der Waals surface area (Å²) in [7, 11) is 0. The van der Waals surface area contributed by atoms with E-state index >= 15 is 0 Å². The summed E-state index contributed by atoms with van der Waals surface area (Å²) < 4.78 is 25.6. The van der Waals surface area contributed by atoms with Crippen LogP contribution < -0.4 is 10.6 Å². The van der Waals surface area contributed by atoms with Crippen molar-refractivity contribution in [2.75, 3.05) is 10.6 Å². The zero-order chi connectivity index (χ0) is 20.5. The number of carbonyl (C=O) groups excluding carboxylic acids is 2. The molecule has 2 aromatic carbocycles. The van der Waals surface area contributed by atoms with Gasteiger partial charge in [0.2, 0.25) is 0 Å². The normalized spacial score (nSPS) is 10.9. The third-order valence-corrected chi connectivity index (χ3v) is 4.77. The summed E-state index contributed by atoms with van der Waals surface area (Å²) in [5, 5.41) is 5.89. The highest BCUT2D eigenvalue weighted by Crippen LogP contribution is 2.25. The number of nitrogens with one attached hydrogen (secondary N) is 2. The van der Waals surface area contributed by atoms with Crippen molar-refractivity contribution in [1.82, 2.24) is 0 Å². The lowest BCUT2D eigenvalue weighted by Gasteiger charge is -2.09. The van der Waals surface area contributed by atoms with E-state index in [1.165, 1.54) is 24.5 Å². The van der Waals surface area contributed by atoms with Crippen LogP contribution in [0.15, 0.2) is 68.1 Å². The van der Waals surface area contributed by atoms with Crippen LogP contribution >= 0.6 is 15.9 Å². The van der Waals surface area contributed by atoms with Crippen molar-refractivity contribution in [3.8, 4) is 0 Å². The fraction of sp³-hybridized carbons (Fsp3) is 0.0476. The Kier molecular flexibility index (Phi) is 4.94. The third-order valence-electron chi connectivity index (χ3n) is 4.28. The van der Waals surface area contributed by atoms with Crippen LogP contribution in [-0.2, 0) is 0 Å². The molecule has 0 radical (unpaired) electrons. The van der Waals surface area contributed by atoms with Gasteiger partial charge in [0.25, 0.3) is 11.8 Å². The summed E-state index contributed by atoms with van der Waals surface area (Å²) in [5.41, 5.74) is 1.10. The highest BCUT2D eigenvalue weighted by molar-refractivity contribution is 9.10. The van der Waals surface area contributed by atoms with E-state index in [1.54, 1.807) is 19.1 Å². The van der Waals surface area contributed by atoms with Crippen molar-refractivity contribution in [1.29, 1.82) is 0 Å². The number of halogens is 2. The largest absolute Gasteiger partial charge is 0.469 e. The lowest BCUT2D eigenvalue weighted by Crippen LogP contribution is -2.15. The minimum absolute atomic E-state index is 0.0677. The smallest absolute Gasteiger partial charge is 0.291 e. The molecule has 2 N–H and O–H groups in total. The fourth-order valence-corrected chi connectivity index (χ4v) is 3.21. The van der Waals surface area contributed by atoms with Gasteiger partial charge >= 0.3 is 0 Å². The number of fused-ring (bicyclic) bond motifs is 1. The molecule has 4 rings (SSSR count). The number of anilines is 2. The molecule has 29 heavy (non-hydrogen) atoms. The summed E-state index contributed by atoms with van der Waals surface area (Å²) >= 11 is 3.37. The Morgan fingerprint density at radius 2 is 1.83 bits per heavy atom. The van der Waals surface area contributed by atoms with Crippen LogP contribution in [-0.4, -0.2) is 11.8 Å². The molecule has 0 bridgehead atoms. The van der Waals surface area contributed by atoms with Crippen molar-refractivity contribution in [2.45, 2.75) is 6.92 Å². The topological polar surface area (TPSA) is 84.5 Å². The monoisotopic (exact) mass is 456 g/mol. The lowest BCUT2D eigenvalue weighted by atomic mass is 10.2. The zero-order valence-corrected chi connectivity index (χ0v) is 16.7. The molecular weight excluding hydrogens is 443 g/mol. The Bertz CT molecular complexity index is 1240. The van der Waals surface area contributed by atoms with Gasteiger partial charge in [-0.2, -0.15) is 0 Å². The van der Waals surface area contributed by atoms with Crippen LogP contribution in [0.2, 0.25) is 0 Å². The van der Waals surface area contributed by atoms with E-state index in [2.05, 4.69) is 26.6 Å². The minimum Gasteiger partial charge on any atom is -0.469 e. The van der Waals surface area contributed by atoms with Crippen LogP contribution in [0, 0.1) is 12.7 Å². The van der Waals surface area contributed by atoms with E-state index in [0.29, 0.717) is 22.6 Å². The van der Waals surface area contributed by atoms with Gasteiger partial charge in [-0.15, -0.1) is 0 Å². The van der Waals surface area contributed by atoms with E-state index in [0.717, 1.165) is 15.9 Å². The standard InChI is InChI=1S/C21H14BrFN2O4/c1-11-15(6-7-28-11)20(26)25-17-10-14(3-4-16(17)23)24-21(27)19-9-12-8-13(22)2-5-18(12)29-19/h2-10H,1H3,(H,24,27)(H,25,26). The van der Waals surface area contributed by atoms with Crippen LogP contribution in [0.4, 0.5) is 15.8 Å². The lowest BCUT2D eigenvalue weighted by molar-refractivity contribution is 0.0996. The van der Waals surface area contributed by atoms with Crippen LogP contribution in [0.1, 0.15) is 26.7 Å². The molecule has 0 aliphatic carbocycles. The molecule has 2 heterocycles. The van der Waals surface area contributed by atoms with E-state index in [-0.39, 0.29) is 11.4 Å². The van der Waals surface area contributed by atoms with Gasteiger partial charge in [0, 0.05) is 15.5 Å². The molecule has 0 saturated heterocycles. The number of benzene rings is 2. The van der Waals surface area contributed by atoms with Crippen molar-refractivity contribution in [2.24, 2.45) is 0 Å². The van der Waals surface area contributed by atoms with Gasteiger partial charge in [-0.3, -0.25) is 9.59 Å². The Hall–Kier alpha value is -3.39. The number of rotatable bonds is 4. The zero-order valence-electron chi connectivity index (χ0n) is 15.1. The predicted molar refractivity (Wildman–Crippen MR) is 110 cm³/mol. The Morgan fingerprint density at radius 1 is 1.00 bits per heavy atom. The maximum atomic E-state index is 14.1. The SMILES string of the molecule is Cc1occc1C(=O)Nc1cc(NC(=O)c2cc3cc(Br)ccc3o2)ccc1F. The fourth-order valence-electron chi connectivity index (χ4n) is 2.83. The first kappa shape index (κ1) is 18.9. The van der Waals surface area contributed by atoms with Crippen LogP contribution in [0.5, 0.6) is 0 Å². The highest BCUT2D eigenvalue weighted by atomic mass is 79.9. The van der Waals surface area contributed by atoms with Crippen molar-refractivity contribution in [3.05, 3.63) is 82.2 Å². The summed E-state index contributed by atoms with van der Waals surface area (Å²) in [5.74, 6) is -1.11. The van der Waals surface area contributed by atoms with E-state index in [1.807, 2.05) is 12.1 Å². The summed E-state index contributed by atoms with van der Waals surface area (Å²) in [4.78, 5) is 24.8. The summed E-state index contributed by atoms with van der Waals surface area (Å²) in [6, 6.07) is 12.4. The van der Waals surface area contributed by atoms with Crippen molar-refractivity contribution < 1.29 is 22.8 Å². The number of carbonyl (C=O) groups is 2. The van der Waals surface area contributed by atoms with Crippen molar-refractivity contribution >= 4 is 50.1 Å². The molecule has 0 fully saturated rings. The van der Waals surface area contributed by atoms with Gasteiger partial charge in [-0.05, 0) is 55.5 Å². The minimum atomic E-state index is -0.633. The maximum Gasteiger partial charge on any atom is 0.291 e. The van der Waals surface area contributed by atoms with Crippen LogP contribution in [0.25, 0.3) is 11.0 Å². The van der Waals surface area contributed by atoms with E-state index < -0.39 is 17.6 Å². The number of hydrogen-bond donors (Lipinski definition) is 2. The molecule has 0 saturated carbocycles. The first-order chi connectivity index (χ1) is 13.9. The summed E-state index contributed by atoms with van der Waals surface area (Å²) in [6.07, 6.45) is 1.38. The second-order valence-electron chi connectivity index (χ2n) is 6.29. The molecule has 0 spiro atoms. The maximum absolute atomic E-state index is 14.1. The van der Waals surface area contributed by atoms with Crippen LogP contribution in [0.3, 0.4) is 0 Å². The average Bonchev–Trinajstić information content (AvgIpc) is 3.30. The molecule has 2 aromatic heterocycles. The van der Waals surface area contributed by atoms with Gasteiger partial charge in [0.15, 0.2) is 5.76 Å². The number of amides is 2. The van der Waals surface area contributed by atoms with Gasteiger partial charge in [0.1, 0.15) is 17.2 Å². The van der Waals surface area contributed by atoms with Gasteiger partial charge in [-0.1, -0.05) is 15.9 Å². The quantitative estimate of drug-likeness (QED) is 0.409. The number of hydrogen-bond acceptors (Lipinski definition) is 4. The van der Waals surface area contributed by atoms with E-state index in [4.69, 9.17) is 8.83 Å². The molecule has 0 unspecified atom stereocenters. The van der Waals surface area contributed by atoms with Crippen molar-refractivity contribution in [3.63, 3.8) is 0 Å². The molecule has 6 nitrogen and oxygen atoms in total. The van der Waals surface area contributed by atoms with Gasteiger partial charge < -0.3 is 19.5 Å². The number of furan rings is 2. The molecule has 8 heteroatoms. The Morgan fingerprint density at radius 3 is 2.59 bits per heavy atom. The Labute approximate surface area is 172 Å². The molecule has 0 aliphatic heterocycles. The summed E-state index contributed by atoms with van der Waals surface area (Å²) in [6.45, 7) is 1.63. The molecule has 146 valence electrons. The predicted octanol–water partition coefficient (Wildman–Crippen LogP) is 5.74. The van der Waals surface area contributed by atoms with E-state index in [9.17, 15) is 14.0 Å².